The Balaban J connectivity index is 2.35. The fraction of sp³-hybridized carbons (Fsp3) is 0.333. The first-order valence-corrected chi connectivity index (χ1v) is 6.15. The Morgan fingerprint density at radius 1 is 1.33 bits per heavy atom. The number of ether oxygens (including phenoxy) is 1. The topological polar surface area (TPSA) is 39.2 Å². The summed E-state index contributed by atoms with van der Waals surface area (Å²) in [5, 5.41) is 0.982. The van der Waals surface area contributed by atoms with Crippen molar-refractivity contribution < 1.29 is 9.53 Å². The third-order valence-electron chi connectivity index (χ3n) is 2.90. The fourth-order valence-electron chi connectivity index (χ4n) is 1.94. The van der Waals surface area contributed by atoms with E-state index in [2.05, 4.69) is 4.98 Å². The van der Waals surface area contributed by atoms with Gasteiger partial charge in [0.15, 0.2) is 5.78 Å². The highest BCUT2D eigenvalue weighted by atomic mass is 16.5. The number of pyridine rings is 1. The van der Waals surface area contributed by atoms with E-state index in [4.69, 9.17) is 4.74 Å². The zero-order valence-electron chi connectivity index (χ0n) is 10.9. The summed E-state index contributed by atoms with van der Waals surface area (Å²) in [4.78, 5) is 16.5. The van der Waals surface area contributed by atoms with E-state index in [9.17, 15) is 4.79 Å². The Labute approximate surface area is 107 Å². The average molecular weight is 243 g/mol. The van der Waals surface area contributed by atoms with Crippen LogP contribution in [0, 0.1) is 6.92 Å². The Kier molecular flexibility index (Phi) is 3.72. The van der Waals surface area contributed by atoms with Crippen molar-refractivity contribution in [3.63, 3.8) is 0 Å². The summed E-state index contributed by atoms with van der Waals surface area (Å²) in [7, 11) is 0. The molecular formula is C15H17NO2. The van der Waals surface area contributed by atoms with Crippen LogP contribution >= 0.6 is 0 Å². The molecule has 94 valence electrons. The van der Waals surface area contributed by atoms with Gasteiger partial charge in [0.2, 0.25) is 0 Å². The normalized spacial score (nSPS) is 12.6. The standard InChI is InChI=1S/C15H17NO2/c1-4-18-11(3)15(17)13-7-8-14-12(9-13)6-5-10(2)16-14/h5-9,11H,4H2,1-3H3. The highest BCUT2D eigenvalue weighted by Crippen LogP contribution is 2.16. The first kappa shape index (κ1) is 12.7. The van der Waals surface area contributed by atoms with Gasteiger partial charge in [-0.2, -0.15) is 0 Å². The number of fused-ring (bicyclic) bond motifs is 1. The highest BCUT2D eigenvalue weighted by Gasteiger charge is 2.15. The van der Waals surface area contributed by atoms with Gasteiger partial charge in [0.05, 0.1) is 5.52 Å². The van der Waals surface area contributed by atoms with Gasteiger partial charge < -0.3 is 4.74 Å². The second kappa shape index (κ2) is 5.27. The summed E-state index contributed by atoms with van der Waals surface area (Å²) < 4.78 is 5.32. The molecule has 0 fully saturated rings. The van der Waals surface area contributed by atoms with Crippen LogP contribution in [0.1, 0.15) is 29.9 Å². The van der Waals surface area contributed by atoms with Crippen molar-refractivity contribution in [1.29, 1.82) is 0 Å². The van der Waals surface area contributed by atoms with Crippen molar-refractivity contribution in [2.24, 2.45) is 0 Å². The Hall–Kier alpha value is -1.74. The van der Waals surface area contributed by atoms with E-state index in [1.807, 2.05) is 44.2 Å². The lowest BCUT2D eigenvalue weighted by Crippen LogP contribution is -2.20. The number of Topliss-reactive ketones (excluding diaryl/α,β-unsaturated/α-hetero) is 1. The molecule has 0 saturated carbocycles. The number of hydrogen-bond donors (Lipinski definition) is 0. The summed E-state index contributed by atoms with van der Waals surface area (Å²) in [5.41, 5.74) is 2.56. The lowest BCUT2D eigenvalue weighted by Gasteiger charge is -2.10. The second-order valence-electron chi connectivity index (χ2n) is 4.32. The summed E-state index contributed by atoms with van der Waals surface area (Å²) in [5.74, 6) is 0.0133. The third-order valence-corrected chi connectivity index (χ3v) is 2.90. The molecule has 0 radical (unpaired) electrons. The predicted octanol–water partition coefficient (Wildman–Crippen LogP) is 3.15. The molecule has 1 aromatic carbocycles. The quantitative estimate of drug-likeness (QED) is 0.774. The SMILES string of the molecule is CCOC(C)C(=O)c1ccc2nc(C)ccc2c1. The van der Waals surface area contributed by atoms with Crippen LogP contribution in [0.3, 0.4) is 0 Å². The van der Waals surface area contributed by atoms with Crippen molar-refractivity contribution in [3.8, 4) is 0 Å². The van der Waals surface area contributed by atoms with Crippen LogP contribution < -0.4 is 0 Å². The molecule has 1 unspecified atom stereocenters. The number of aryl methyl sites for hydroxylation is 1. The molecule has 18 heavy (non-hydrogen) atoms. The molecule has 3 nitrogen and oxygen atoms in total. The summed E-state index contributed by atoms with van der Waals surface area (Å²) in [6.45, 7) is 6.16. The molecule has 0 bridgehead atoms. The van der Waals surface area contributed by atoms with E-state index < -0.39 is 6.10 Å². The van der Waals surface area contributed by atoms with Gasteiger partial charge in [-0.1, -0.05) is 6.07 Å². The van der Waals surface area contributed by atoms with E-state index in [0.717, 1.165) is 16.6 Å². The average Bonchev–Trinajstić information content (AvgIpc) is 2.37. The number of hydrogen-bond acceptors (Lipinski definition) is 3. The lowest BCUT2D eigenvalue weighted by atomic mass is 10.0. The first-order chi connectivity index (χ1) is 8.61. The van der Waals surface area contributed by atoms with Gasteiger partial charge >= 0.3 is 0 Å². The Morgan fingerprint density at radius 3 is 2.83 bits per heavy atom. The van der Waals surface area contributed by atoms with E-state index >= 15 is 0 Å². The van der Waals surface area contributed by atoms with Crippen LogP contribution in [-0.2, 0) is 4.74 Å². The summed E-state index contributed by atoms with van der Waals surface area (Å²) in [6, 6.07) is 9.50. The van der Waals surface area contributed by atoms with Crippen molar-refractivity contribution >= 4 is 16.7 Å². The minimum atomic E-state index is -0.397. The van der Waals surface area contributed by atoms with Crippen molar-refractivity contribution in [1.82, 2.24) is 4.98 Å². The van der Waals surface area contributed by atoms with Gasteiger partial charge in [-0.3, -0.25) is 9.78 Å². The molecule has 0 spiro atoms. The smallest absolute Gasteiger partial charge is 0.191 e. The van der Waals surface area contributed by atoms with Crippen LogP contribution in [-0.4, -0.2) is 23.5 Å². The molecule has 0 amide bonds. The van der Waals surface area contributed by atoms with Crippen LogP contribution in [0.5, 0.6) is 0 Å². The number of carbonyl (C=O) groups is 1. The van der Waals surface area contributed by atoms with Gasteiger partial charge in [0, 0.05) is 23.3 Å². The van der Waals surface area contributed by atoms with E-state index in [1.165, 1.54) is 0 Å². The third kappa shape index (κ3) is 2.57. The number of nitrogens with zero attached hydrogens (tertiary/aromatic N) is 1. The monoisotopic (exact) mass is 243 g/mol. The molecule has 1 aromatic heterocycles. The molecule has 3 heteroatoms. The lowest BCUT2D eigenvalue weighted by molar-refractivity contribution is 0.0521. The molecule has 2 rings (SSSR count). The van der Waals surface area contributed by atoms with Crippen LogP contribution in [0.15, 0.2) is 30.3 Å². The van der Waals surface area contributed by atoms with Gasteiger partial charge in [0.25, 0.3) is 0 Å². The number of benzene rings is 1. The molecule has 1 atom stereocenters. The Bertz CT molecular complexity index is 578. The summed E-state index contributed by atoms with van der Waals surface area (Å²) in [6.07, 6.45) is -0.397. The van der Waals surface area contributed by atoms with Crippen molar-refractivity contribution in [2.75, 3.05) is 6.61 Å². The number of aromatic nitrogens is 1. The highest BCUT2D eigenvalue weighted by molar-refractivity contribution is 6.01. The number of rotatable bonds is 4. The van der Waals surface area contributed by atoms with Crippen molar-refractivity contribution in [2.45, 2.75) is 26.9 Å². The number of ketones is 1. The van der Waals surface area contributed by atoms with Crippen LogP contribution in [0.25, 0.3) is 10.9 Å². The second-order valence-corrected chi connectivity index (χ2v) is 4.32. The molecule has 0 aliphatic carbocycles. The van der Waals surface area contributed by atoms with E-state index in [1.54, 1.807) is 6.92 Å². The molecule has 0 aliphatic rings. The molecule has 2 aromatic rings. The zero-order valence-corrected chi connectivity index (χ0v) is 10.9. The maximum Gasteiger partial charge on any atom is 0.191 e. The predicted molar refractivity (Wildman–Crippen MR) is 71.9 cm³/mol. The Morgan fingerprint density at radius 2 is 2.11 bits per heavy atom. The summed E-state index contributed by atoms with van der Waals surface area (Å²) >= 11 is 0. The minimum absolute atomic E-state index is 0.0133. The van der Waals surface area contributed by atoms with Crippen LogP contribution in [0.2, 0.25) is 0 Å². The van der Waals surface area contributed by atoms with Gasteiger partial charge in [-0.25, -0.2) is 0 Å². The van der Waals surface area contributed by atoms with Gasteiger partial charge in [-0.15, -0.1) is 0 Å². The molecule has 0 saturated heterocycles. The van der Waals surface area contributed by atoms with Crippen molar-refractivity contribution in [3.05, 3.63) is 41.6 Å². The maximum absolute atomic E-state index is 12.1. The molecule has 0 aliphatic heterocycles. The minimum Gasteiger partial charge on any atom is -0.371 e. The molecule has 0 N–H and O–H groups in total. The van der Waals surface area contributed by atoms with E-state index in [-0.39, 0.29) is 5.78 Å². The van der Waals surface area contributed by atoms with Crippen LogP contribution in [0.4, 0.5) is 0 Å². The zero-order chi connectivity index (χ0) is 13.1. The van der Waals surface area contributed by atoms with E-state index in [0.29, 0.717) is 12.2 Å². The first-order valence-electron chi connectivity index (χ1n) is 6.15. The largest absolute Gasteiger partial charge is 0.371 e. The van der Waals surface area contributed by atoms with Gasteiger partial charge in [0.1, 0.15) is 6.10 Å². The molecule has 1 heterocycles. The maximum atomic E-state index is 12.1. The fourth-order valence-corrected chi connectivity index (χ4v) is 1.94. The molecular weight excluding hydrogens is 226 g/mol. The number of carbonyl (C=O) groups excluding carboxylic acids is 1. The van der Waals surface area contributed by atoms with Gasteiger partial charge in [-0.05, 0) is 45.0 Å².